The van der Waals surface area contributed by atoms with Crippen molar-refractivity contribution in [3.63, 3.8) is 0 Å². The van der Waals surface area contributed by atoms with Gasteiger partial charge in [-0.15, -0.1) is 0 Å². The first-order chi connectivity index (χ1) is 8.31. The third kappa shape index (κ3) is 3.83. The quantitative estimate of drug-likeness (QED) is 0.758. The van der Waals surface area contributed by atoms with Crippen LogP contribution in [0.2, 0.25) is 0 Å². The Hall–Kier alpha value is -0.860. The fourth-order valence-electron chi connectivity index (χ4n) is 2.36. The summed E-state index contributed by atoms with van der Waals surface area (Å²) in [5.74, 6) is 0.717. The monoisotopic (exact) mass is 232 g/mol. The van der Waals surface area contributed by atoms with Gasteiger partial charge in [0.2, 0.25) is 0 Å². The average molecular weight is 232 g/mol. The van der Waals surface area contributed by atoms with Gasteiger partial charge in [0.15, 0.2) is 0 Å². The average Bonchev–Trinajstić information content (AvgIpc) is 3.14. The van der Waals surface area contributed by atoms with E-state index in [1.807, 2.05) is 0 Å². The molecule has 0 aliphatic heterocycles. The zero-order chi connectivity index (χ0) is 12.1. The molecule has 0 heterocycles. The van der Waals surface area contributed by atoms with Crippen molar-refractivity contribution in [2.75, 3.05) is 6.54 Å². The van der Waals surface area contributed by atoms with Crippen LogP contribution in [0, 0.1) is 0 Å². The topological polar surface area (TPSA) is 38.0 Å². The Bertz CT molecular complexity index is 323. The first-order valence-corrected chi connectivity index (χ1v) is 6.85. The van der Waals surface area contributed by atoms with E-state index in [-0.39, 0.29) is 0 Å². The molecule has 94 valence electrons. The molecular weight excluding hydrogens is 208 g/mol. The SMILES string of the molecule is CCCCC(N)CNC1CC1c1ccccc1. The number of nitrogens with one attached hydrogen (secondary N) is 1. The predicted molar refractivity (Wildman–Crippen MR) is 73.1 cm³/mol. The zero-order valence-corrected chi connectivity index (χ0v) is 10.7. The number of nitrogens with two attached hydrogens (primary N) is 1. The lowest BCUT2D eigenvalue weighted by atomic mass is 10.1. The molecule has 1 aliphatic carbocycles. The van der Waals surface area contributed by atoms with Crippen LogP contribution in [-0.2, 0) is 0 Å². The molecule has 3 unspecified atom stereocenters. The van der Waals surface area contributed by atoms with Crippen LogP contribution in [0.25, 0.3) is 0 Å². The molecule has 1 saturated carbocycles. The summed E-state index contributed by atoms with van der Waals surface area (Å²) >= 11 is 0. The van der Waals surface area contributed by atoms with Crippen molar-refractivity contribution in [2.24, 2.45) is 5.73 Å². The third-order valence-corrected chi connectivity index (χ3v) is 3.59. The van der Waals surface area contributed by atoms with Gasteiger partial charge in [-0.2, -0.15) is 0 Å². The lowest BCUT2D eigenvalue weighted by molar-refractivity contribution is 0.520. The summed E-state index contributed by atoms with van der Waals surface area (Å²) in [4.78, 5) is 0. The largest absolute Gasteiger partial charge is 0.327 e. The van der Waals surface area contributed by atoms with E-state index in [9.17, 15) is 0 Å². The maximum atomic E-state index is 6.06. The van der Waals surface area contributed by atoms with Gasteiger partial charge in [0.05, 0.1) is 0 Å². The minimum atomic E-state index is 0.326. The maximum absolute atomic E-state index is 6.06. The van der Waals surface area contributed by atoms with Crippen LogP contribution in [0.5, 0.6) is 0 Å². The zero-order valence-electron chi connectivity index (χ0n) is 10.7. The Labute approximate surface area is 105 Å². The van der Waals surface area contributed by atoms with Gasteiger partial charge in [0.1, 0.15) is 0 Å². The summed E-state index contributed by atoms with van der Waals surface area (Å²) in [7, 11) is 0. The molecule has 3 atom stereocenters. The van der Waals surface area contributed by atoms with Gasteiger partial charge in [0, 0.05) is 24.5 Å². The lowest BCUT2D eigenvalue weighted by Gasteiger charge is -2.12. The summed E-state index contributed by atoms with van der Waals surface area (Å²) in [5.41, 5.74) is 7.52. The maximum Gasteiger partial charge on any atom is 0.0165 e. The Balaban J connectivity index is 1.67. The Kier molecular flexibility index (Phi) is 4.57. The fourth-order valence-corrected chi connectivity index (χ4v) is 2.36. The van der Waals surface area contributed by atoms with E-state index in [2.05, 4.69) is 42.6 Å². The molecule has 2 rings (SSSR count). The van der Waals surface area contributed by atoms with Crippen molar-refractivity contribution in [2.45, 2.75) is 50.6 Å². The molecular formula is C15H24N2. The van der Waals surface area contributed by atoms with E-state index in [0.29, 0.717) is 12.1 Å². The highest BCUT2D eigenvalue weighted by Crippen LogP contribution is 2.40. The van der Waals surface area contributed by atoms with Crippen molar-refractivity contribution in [1.29, 1.82) is 0 Å². The third-order valence-electron chi connectivity index (χ3n) is 3.59. The second kappa shape index (κ2) is 6.18. The number of rotatable bonds is 7. The van der Waals surface area contributed by atoms with E-state index >= 15 is 0 Å². The molecule has 1 aliphatic rings. The van der Waals surface area contributed by atoms with E-state index in [0.717, 1.165) is 18.9 Å². The molecule has 1 fully saturated rings. The van der Waals surface area contributed by atoms with Crippen LogP contribution in [0.1, 0.15) is 44.1 Å². The second-order valence-electron chi connectivity index (χ2n) is 5.17. The molecule has 3 N–H and O–H groups in total. The summed E-state index contributed by atoms with van der Waals surface area (Å²) in [6.45, 7) is 3.18. The van der Waals surface area contributed by atoms with Crippen molar-refractivity contribution < 1.29 is 0 Å². The van der Waals surface area contributed by atoms with Crippen LogP contribution in [0.3, 0.4) is 0 Å². The predicted octanol–water partition coefficient (Wildman–Crippen LogP) is 2.65. The molecule has 0 bridgehead atoms. The van der Waals surface area contributed by atoms with E-state index < -0.39 is 0 Å². The van der Waals surface area contributed by atoms with Crippen LogP contribution >= 0.6 is 0 Å². The molecule has 0 amide bonds. The van der Waals surface area contributed by atoms with Crippen molar-refractivity contribution >= 4 is 0 Å². The molecule has 0 saturated heterocycles. The first kappa shape index (κ1) is 12.6. The number of unbranched alkanes of at least 4 members (excludes halogenated alkanes) is 1. The van der Waals surface area contributed by atoms with Gasteiger partial charge >= 0.3 is 0 Å². The van der Waals surface area contributed by atoms with E-state index in [1.165, 1.54) is 24.8 Å². The van der Waals surface area contributed by atoms with Crippen LogP contribution in [-0.4, -0.2) is 18.6 Å². The number of benzene rings is 1. The first-order valence-electron chi connectivity index (χ1n) is 6.85. The van der Waals surface area contributed by atoms with Crippen LogP contribution in [0.4, 0.5) is 0 Å². The van der Waals surface area contributed by atoms with Gasteiger partial charge in [-0.3, -0.25) is 0 Å². The highest BCUT2D eigenvalue weighted by molar-refractivity contribution is 5.27. The fraction of sp³-hybridized carbons (Fsp3) is 0.600. The Morgan fingerprint density at radius 3 is 2.82 bits per heavy atom. The standard InChI is InChI=1S/C15H24N2/c1-2-3-9-13(16)11-17-15-10-14(15)12-7-5-4-6-8-12/h4-8,13-15,17H,2-3,9-11,16H2,1H3. The number of hydrogen-bond donors (Lipinski definition) is 2. The highest BCUT2D eigenvalue weighted by atomic mass is 15.0. The molecule has 0 spiro atoms. The van der Waals surface area contributed by atoms with Crippen molar-refractivity contribution in [1.82, 2.24) is 5.32 Å². The Morgan fingerprint density at radius 2 is 2.12 bits per heavy atom. The minimum absolute atomic E-state index is 0.326. The summed E-state index contributed by atoms with van der Waals surface area (Å²) in [6.07, 6.45) is 4.90. The summed E-state index contributed by atoms with van der Waals surface area (Å²) in [6, 6.07) is 11.8. The summed E-state index contributed by atoms with van der Waals surface area (Å²) in [5, 5.41) is 3.59. The summed E-state index contributed by atoms with van der Waals surface area (Å²) < 4.78 is 0. The van der Waals surface area contributed by atoms with E-state index in [1.54, 1.807) is 0 Å². The molecule has 0 radical (unpaired) electrons. The van der Waals surface area contributed by atoms with Crippen molar-refractivity contribution in [3.05, 3.63) is 35.9 Å². The Morgan fingerprint density at radius 1 is 1.35 bits per heavy atom. The lowest BCUT2D eigenvalue weighted by Crippen LogP contribution is -2.35. The highest BCUT2D eigenvalue weighted by Gasteiger charge is 2.37. The van der Waals surface area contributed by atoms with E-state index in [4.69, 9.17) is 5.73 Å². The van der Waals surface area contributed by atoms with Gasteiger partial charge < -0.3 is 11.1 Å². The second-order valence-corrected chi connectivity index (χ2v) is 5.17. The number of hydrogen-bond acceptors (Lipinski definition) is 2. The minimum Gasteiger partial charge on any atom is -0.327 e. The van der Waals surface area contributed by atoms with Gasteiger partial charge in [-0.25, -0.2) is 0 Å². The molecule has 2 heteroatoms. The van der Waals surface area contributed by atoms with Gasteiger partial charge in [0.25, 0.3) is 0 Å². The van der Waals surface area contributed by atoms with Crippen LogP contribution in [0.15, 0.2) is 30.3 Å². The smallest absolute Gasteiger partial charge is 0.0165 e. The molecule has 1 aromatic rings. The van der Waals surface area contributed by atoms with Crippen molar-refractivity contribution in [3.8, 4) is 0 Å². The molecule has 1 aromatic carbocycles. The normalized spacial score (nSPS) is 24.6. The molecule has 2 nitrogen and oxygen atoms in total. The molecule has 0 aromatic heterocycles. The van der Waals surface area contributed by atoms with Gasteiger partial charge in [-0.1, -0.05) is 50.1 Å². The van der Waals surface area contributed by atoms with Gasteiger partial charge in [-0.05, 0) is 18.4 Å². The van der Waals surface area contributed by atoms with Crippen LogP contribution < -0.4 is 11.1 Å². The molecule has 17 heavy (non-hydrogen) atoms.